The molecule has 0 bridgehead atoms. The van der Waals surface area contributed by atoms with Crippen molar-refractivity contribution in [3.05, 3.63) is 53.8 Å². The standard InChI is InChI=1S/C20H19F4NO3S/c1-27-14-4-2-5-15(12-14)29-17-7-3-6-16(21)18(17)13-8-10-25(11-9-13)28-19(26)20(22,23)24/h2-7,12-13H,8-11H2,1H3. The van der Waals surface area contributed by atoms with Crippen molar-refractivity contribution in [1.29, 1.82) is 0 Å². The maximum Gasteiger partial charge on any atom is 0.492 e. The van der Waals surface area contributed by atoms with E-state index in [1.54, 1.807) is 13.2 Å². The summed E-state index contributed by atoms with van der Waals surface area (Å²) in [7, 11) is 1.57. The smallest absolute Gasteiger partial charge is 0.492 e. The van der Waals surface area contributed by atoms with E-state index in [0.29, 0.717) is 24.2 Å². The number of hydrogen-bond acceptors (Lipinski definition) is 5. The molecule has 0 amide bonds. The Bertz CT molecular complexity index is 867. The lowest BCUT2D eigenvalue weighted by atomic mass is 9.89. The Morgan fingerprint density at radius 2 is 1.83 bits per heavy atom. The fourth-order valence-electron chi connectivity index (χ4n) is 3.20. The van der Waals surface area contributed by atoms with Crippen LogP contribution in [0.4, 0.5) is 17.6 Å². The number of carbonyl (C=O) groups is 1. The molecule has 0 saturated carbocycles. The zero-order valence-electron chi connectivity index (χ0n) is 15.5. The fourth-order valence-corrected chi connectivity index (χ4v) is 4.30. The number of carbonyl (C=O) groups excluding carboxylic acids is 1. The van der Waals surface area contributed by atoms with Gasteiger partial charge in [0, 0.05) is 28.4 Å². The topological polar surface area (TPSA) is 38.8 Å². The molecule has 0 N–H and O–H groups in total. The Labute approximate surface area is 169 Å². The van der Waals surface area contributed by atoms with Gasteiger partial charge in [0.05, 0.1) is 7.11 Å². The van der Waals surface area contributed by atoms with E-state index >= 15 is 0 Å². The van der Waals surface area contributed by atoms with Crippen molar-refractivity contribution < 1.29 is 31.9 Å². The Morgan fingerprint density at radius 1 is 1.14 bits per heavy atom. The lowest BCUT2D eigenvalue weighted by molar-refractivity contribution is -0.241. The molecule has 0 unspecified atom stereocenters. The number of rotatable bonds is 5. The highest BCUT2D eigenvalue weighted by Crippen LogP contribution is 2.40. The summed E-state index contributed by atoms with van der Waals surface area (Å²) in [6.07, 6.45) is -4.29. The molecule has 156 valence electrons. The van der Waals surface area contributed by atoms with Crippen molar-refractivity contribution in [2.45, 2.75) is 34.7 Å². The summed E-state index contributed by atoms with van der Waals surface area (Å²) in [4.78, 5) is 17.0. The van der Waals surface area contributed by atoms with E-state index in [0.717, 1.165) is 14.9 Å². The SMILES string of the molecule is COc1cccc(Sc2cccc(F)c2C2CCN(OC(=O)C(F)(F)F)CC2)c1. The van der Waals surface area contributed by atoms with E-state index in [-0.39, 0.29) is 24.8 Å². The molecule has 4 nitrogen and oxygen atoms in total. The third-order valence-corrected chi connectivity index (χ3v) is 5.65. The highest BCUT2D eigenvalue weighted by Gasteiger charge is 2.43. The minimum Gasteiger partial charge on any atom is -0.497 e. The normalized spacial score (nSPS) is 15.9. The quantitative estimate of drug-likeness (QED) is 0.612. The van der Waals surface area contributed by atoms with Gasteiger partial charge in [0.15, 0.2) is 0 Å². The lowest BCUT2D eigenvalue weighted by Crippen LogP contribution is -2.39. The van der Waals surface area contributed by atoms with Crippen LogP contribution in [0.2, 0.25) is 0 Å². The van der Waals surface area contributed by atoms with E-state index in [4.69, 9.17) is 4.74 Å². The number of hydrogen-bond donors (Lipinski definition) is 0. The molecule has 2 aromatic carbocycles. The van der Waals surface area contributed by atoms with Crippen LogP contribution in [0.5, 0.6) is 5.75 Å². The van der Waals surface area contributed by atoms with Gasteiger partial charge in [0.2, 0.25) is 0 Å². The summed E-state index contributed by atoms with van der Waals surface area (Å²) in [5.74, 6) is -2.10. The van der Waals surface area contributed by atoms with Crippen LogP contribution in [-0.2, 0) is 9.63 Å². The van der Waals surface area contributed by atoms with E-state index < -0.39 is 12.1 Å². The Morgan fingerprint density at radius 3 is 2.48 bits per heavy atom. The van der Waals surface area contributed by atoms with E-state index in [2.05, 4.69) is 4.84 Å². The molecular weight excluding hydrogens is 410 g/mol. The molecule has 1 fully saturated rings. The predicted molar refractivity (Wildman–Crippen MR) is 99.2 cm³/mol. The van der Waals surface area contributed by atoms with Gasteiger partial charge in [-0.2, -0.15) is 13.2 Å². The van der Waals surface area contributed by atoms with Gasteiger partial charge in [-0.25, -0.2) is 9.18 Å². The molecule has 3 rings (SSSR count). The van der Waals surface area contributed by atoms with E-state index in [1.165, 1.54) is 17.8 Å². The number of benzene rings is 2. The zero-order valence-corrected chi connectivity index (χ0v) is 16.4. The molecular formula is C20H19F4NO3S. The van der Waals surface area contributed by atoms with Gasteiger partial charge in [-0.1, -0.05) is 23.9 Å². The fraction of sp³-hybridized carbons (Fsp3) is 0.350. The first-order valence-corrected chi connectivity index (χ1v) is 9.74. The Kier molecular flexibility index (Phi) is 6.69. The minimum atomic E-state index is -5.04. The molecule has 2 aromatic rings. The second-order valence-electron chi connectivity index (χ2n) is 6.51. The van der Waals surface area contributed by atoms with Crippen LogP contribution in [0.15, 0.2) is 52.3 Å². The van der Waals surface area contributed by atoms with Crippen LogP contribution < -0.4 is 4.74 Å². The summed E-state index contributed by atoms with van der Waals surface area (Å²) in [6, 6.07) is 12.2. The van der Waals surface area contributed by atoms with Gasteiger partial charge in [-0.3, -0.25) is 0 Å². The van der Waals surface area contributed by atoms with Gasteiger partial charge < -0.3 is 9.57 Å². The number of ether oxygens (including phenoxy) is 1. The third-order valence-electron chi connectivity index (χ3n) is 4.59. The number of halogens is 4. The van der Waals surface area contributed by atoms with Crippen molar-refractivity contribution in [2.75, 3.05) is 20.2 Å². The van der Waals surface area contributed by atoms with Crippen molar-refractivity contribution in [3.8, 4) is 5.75 Å². The molecule has 0 radical (unpaired) electrons. The predicted octanol–water partition coefficient (Wildman–Crippen LogP) is 5.19. The first-order valence-electron chi connectivity index (χ1n) is 8.92. The van der Waals surface area contributed by atoms with Gasteiger partial charge in [-0.05, 0) is 49.1 Å². The lowest BCUT2D eigenvalue weighted by Gasteiger charge is -2.31. The molecule has 1 aliphatic rings. The average molecular weight is 429 g/mol. The van der Waals surface area contributed by atoms with Crippen LogP contribution in [0.25, 0.3) is 0 Å². The van der Waals surface area contributed by atoms with Crippen LogP contribution in [0, 0.1) is 5.82 Å². The van der Waals surface area contributed by atoms with Gasteiger partial charge in [0.25, 0.3) is 0 Å². The number of nitrogens with zero attached hydrogens (tertiary/aromatic N) is 1. The van der Waals surface area contributed by atoms with Crippen LogP contribution in [-0.4, -0.2) is 37.4 Å². The highest BCUT2D eigenvalue weighted by molar-refractivity contribution is 7.99. The summed E-state index contributed by atoms with van der Waals surface area (Å²) >= 11 is 1.40. The molecule has 9 heteroatoms. The summed E-state index contributed by atoms with van der Waals surface area (Å²) in [5.41, 5.74) is 0.530. The Balaban J connectivity index is 1.72. The molecule has 0 spiro atoms. The largest absolute Gasteiger partial charge is 0.497 e. The van der Waals surface area contributed by atoms with Gasteiger partial charge >= 0.3 is 12.1 Å². The van der Waals surface area contributed by atoms with Crippen LogP contribution >= 0.6 is 11.8 Å². The number of methoxy groups -OCH3 is 1. The first kappa shape index (κ1) is 21.4. The summed E-state index contributed by atoms with van der Waals surface area (Å²) < 4.78 is 56.9. The Hall–Kier alpha value is -2.26. The maximum atomic E-state index is 14.7. The van der Waals surface area contributed by atoms with Crippen molar-refractivity contribution in [2.24, 2.45) is 0 Å². The second-order valence-corrected chi connectivity index (χ2v) is 7.63. The van der Waals surface area contributed by atoms with Crippen molar-refractivity contribution >= 4 is 17.7 Å². The molecule has 1 saturated heterocycles. The molecule has 0 aliphatic carbocycles. The molecule has 0 aromatic heterocycles. The van der Waals surface area contributed by atoms with Gasteiger partial charge in [0.1, 0.15) is 11.6 Å². The van der Waals surface area contributed by atoms with E-state index in [9.17, 15) is 22.4 Å². The second kappa shape index (κ2) is 9.04. The first-order chi connectivity index (χ1) is 13.8. The van der Waals surface area contributed by atoms with Crippen molar-refractivity contribution in [1.82, 2.24) is 5.06 Å². The van der Waals surface area contributed by atoms with E-state index in [1.807, 2.05) is 30.3 Å². The average Bonchev–Trinajstić information content (AvgIpc) is 2.68. The molecule has 29 heavy (non-hydrogen) atoms. The maximum absolute atomic E-state index is 14.7. The van der Waals surface area contributed by atoms with Crippen molar-refractivity contribution in [3.63, 3.8) is 0 Å². The number of piperidine rings is 1. The zero-order chi connectivity index (χ0) is 21.0. The van der Waals surface area contributed by atoms with Gasteiger partial charge in [-0.15, -0.1) is 5.06 Å². The number of alkyl halides is 3. The minimum absolute atomic E-state index is 0.101. The molecule has 1 aliphatic heterocycles. The van der Waals surface area contributed by atoms with Crippen LogP contribution in [0.1, 0.15) is 24.3 Å². The molecule has 0 atom stereocenters. The highest BCUT2D eigenvalue weighted by atomic mass is 32.2. The summed E-state index contributed by atoms with van der Waals surface area (Å²) in [6.45, 7) is 0.203. The third kappa shape index (κ3) is 5.42. The van der Waals surface area contributed by atoms with Crippen LogP contribution in [0.3, 0.4) is 0 Å². The molecule has 1 heterocycles. The number of hydroxylamine groups is 2. The summed E-state index contributed by atoms with van der Waals surface area (Å²) in [5, 5.41) is 0.988. The monoisotopic (exact) mass is 429 g/mol.